The maximum atomic E-state index is 15.0. The van der Waals surface area contributed by atoms with Crippen molar-refractivity contribution in [2.24, 2.45) is 11.8 Å². The van der Waals surface area contributed by atoms with Crippen molar-refractivity contribution in [1.29, 1.82) is 0 Å². The zero-order valence-electron chi connectivity index (χ0n) is 22.2. The molecule has 2 fully saturated rings. The maximum Gasteiger partial charge on any atom is 0.573 e. The first kappa shape index (κ1) is 28.2. The molecule has 0 unspecified atom stereocenters. The minimum atomic E-state index is -4.73. The van der Waals surface area contributed by atoms with Crippen LogP contribution in [-0.2, 0) is 0 Å². The highest BCUT2D eigenvalue weighted by molar-refractivity contribution is 6.58. The summed E-state index contributed by atoms with van der Waals surface area (Å²) >= 11 is 0. The van der Waals surface area contributed by atoms with Crippen molar-refractivity contribution in [3.8, 4) is 16.9 Å². The Bertz CT molecular complexity index is 958. The van der Waals surface area contributed by atoms with E-state index in [1.807, 2.05) is 6.07 Å². The highest BCUT2D eigenvalue weighted by Crippen LogP contribution is 2.40. The van der Waals surface area contributed by atoms with E-state index in [-0.39, 0.29) is 11.6 Å². The second-order valence-corrected chi connectivity index (χ2v) is 15.0. The van der Waals surface area contributed by atoms with Gasteiger partial charge in [0.15, 0.2) is 0 Å². The number of ether oxygens (including phenoxy) is 1. The van der Waals surface area contributed by atoms with Crippen LogP contribution < -0.4 is 4.74 Å². The van der Waals surface area contributed by atoms with Crippen LogP contribution in [0.15, 0.2) is 42.5 Å². The predicted octanol–water partition coefficient (Wildman–Crippen LogP) is 10.3. The zero-order valence-corrected chi connectivity index (χ0v) is 23.3. The second-order valence-electron chi connectivity index (χ2n) is 11.5. The third kappa shape index (κ3) is 8.59. The first-order chi connectivity index (χ1) is 17.8. The SMILES string of the molecule is CCCCC[Si@H]1CC[C@H](CCC2CCC(c3ccc(-c4ccc(OC(F)(F)F)cc4)c(F)c3)CC2)CC1. The molecule has 1 aliphatic carbocycles. The van der Waals surface area contributed by atoms with Crippen LogP contribution in [0, 0.1) is 17.7 Å². The van der Waals surface area contributed by atoms with Gasteiger partial charge in [0, 0.05) is 14.4 Å². The van der Waals surface area contributed by atoms with Crippen LogP contribution in [0.5, 0.6) is 5.75 Å². The smallest absolute Gasteiger partial charge is 0.406 e. The van der Waals surface area contributed by atoms with Crippen LogP contribution in [0.2, 0.25) is 18.1 Å². The fourth-order valence-corrected chi connectivity index (χ4v) is 10.2. The Hall–Kier alpha value is -1.82. The van der Waals surface area contributed by atoms with Gasteiger partial charge in [-0.25, -0.2) is 4.39 Å². The molecule has 204 valence electrons. The van der Waals surface area contributed by atoms with Crippen molar-refractivity contribution in [2.75, 3.05) is 0 Å². The fraction of sp³-hybridized carbons (Fsp3) is 0.613. The summed E-state index contributed by atoms with van der Waals surface area (Å²) < 4.78 is 56.0. The molecule has 0 amide bonds. The number of unbranched alkanes of at least 4 members (excludes halogenated alkanes) is 2. The molecule has 1 heterocycles. The normalized spacial score (nSPS) is 24.7. The molecular weight excluding hydrogens is 492 g/mol. The average molecular weight is 535 g/mol. The van der Waals surface area contributed by atoms with Gasteiger partial charge in [-0.15, -0.1) is 13.2 Å². The summed E-state index contributed by atoms with van der Waals surface area (Å²) in [6.07, 6.45) is 9.94. The number of hydrogen-bond donors (Lipinski definition) is 0. The second kappa shape index (κ2) is 13.3. The fourth-order valence-electron chi connectivity index (χ4n) is 6.60. The third-order valence-electron chi connectivity index (χ3n) is 8.88. The topological polar surface area (TPSA) is 9.23 Å². The van der Waals surface area contributed by atoms with Crippen LogP contribution in [0.4, 0.5) is 17.6 Å². The lowest BCUT2D eigenvalue weighted by atomic mass is 9.76. The largest absolute Gasteiger partial charge is 0.573 e. The van der Waals surface area contributed by atoms with Gasteiger partial charge in [-0.1, -0.05) is 94.3 Å². The Morgan fingerprint density at radius 1 is 0.838 bits per heavy atom. The van der Waals surface area contributed by atoms with Gasteiger partial charge < -0.3 is 4.74 Å². The first-order valence-corrected chi connectivity index (χ1v) is 16.9. The summed E-state index contributed by atoms with van der Waals surface area (Å²) in [6.45, 7) is 2.30. The van der Waals surface area contributed by atoms with E-state index in [4.69, 9.17) is 0 Å². The number of rotatable bonds is 10. The number of halogens is 4. The summed E-state index contributed by atoms with van der Waals surface area (Å²) in [5, 5.41) is 0. The molecule has 4 rings (SSSR count). The van der Waals surface area contributed by atoms with E-state index >= 15 is 0 Å². The molecule has 0 atom stereocenters. The van der Waals surface area contributed by atoms with E-state index in [0.29, 0.717) is 17.0 Å². The summed E-state index contributed by atoms with van der Waals surface area (Å²) in [4.78, 5) is 0. The average Bonchev–Trinajstić information content (AvgIpc) is 2.88. The van der Waals surface area contributed by atoms with Gasteiger partial charge in [-0.3, -0.25) is 0 Å². The van der Waals surface area contributed by atoms with E-state index < -0.39 is 15.2 Å². The van der Waals surface area contributed by atoms with Crippen molar-refractivity contribution in [2.45, 2.75) is 108 Å². The van der Waals surface area contributed by atoms with Crippen LogP contribution >= 0.6 is 0 Å². The molecule has 0 N–H and O–H groups in total. The molecule has 2 aromatic rings. The Morgan fingerprint density at radius 2 is 1.49 bits per heavy atom. The van der Waals surface area contributed by atoms with Crippen molar-refractivity contribution in [3.05, 3.63) is 53.8 Å². The molecule has 6 heteroatoms. The van der Waals surface area contributed by atoms with E-state index in [9.17, 15) is 17.6 Å². The van der Waals surface area contributed by atoms with Crippen molar-refractivity contribution in [1.82, 2.24) is 0 Å². The van der Waals surface area contributed by atoms with Gasteiger partial charge >= 0.3 is 6.36 Å². The van der Waals surface area contributed by atoms with E-state index in [2.05, 4.69) is 11.7 Å². The highest BCUT2D eigenvalue weighted by Gasteiger charge is 2.31. The lowest BCUT2D eigenvalue weighted by Gasteiger charge is -2.32. The molecule has 1 nitrogen and oxygen atoms in total. The van der Waals surface area contributed by atoms with Crippen molar-refractivity contribution in [3.63, 3.8) is 0 Å². The minimum Gasteiger partial charge on any atom is -0.406 e. The van der Waals surface area contributed by atoms with Gasteiger partial charge in [0.1, 0.15) is 11.6 Å². The molecule has 1 aliphatic heterocycles. The van der Waals surface area contributed by atoms with Gasteiger partial charge in [0.05, 0.1) is 0 Å². The summed E-state index contributed by atoms with van der Waals surface area (Å²) in [5.74, 6) is 1.55. The Labute approximate surface area is 221 Å². The van der Waals surface area contributed by atoms with Gasteiger partial charge in [0.2, 0.25) is 0 Å². The number of hydrogen-bond acceptors (Lipinski definition) is 1. The highest BCUT2D eigenvalue weighted by atomic mass is 28.3. The van der Waals surface area contributed by atoms with Crippen molar-refractivity contribution >= 4 is 8.80 Å². The zero-order chi connectivity index (χ0) is 26.3. The third-order valence-corrected chi connectivity index (χ3v) is 12.4. The van der Waals surface area contributed by atoms with E-state index in [0.717, 1.165) is 30.2 Å². The molecule has 0 bridgehead atoms. The molecule has 0 aromatic heterocycles. The predicted molar refractivity (Wildman–Crippen MR) is 146 cm³/mol. The molecule has 2 aromatic carbocycles. The lowest BCUT2D eigenvalue weighted by Crippen LogP contribution is -2.22. The number of alkyl halides is 3. The summed E-state index contributed by atoms with van der Waals surface area (Å²) in [6, 6.07) is 15.5. The maximum absolute atomic E-state index is 15.0. The monoisotopic (exact) mass is 534 g/mol. The standard InChI is InChI=1S/C31H42F4OSi/c1-2-3-4-19-37-20-17-24(18-21-37)6-5-23-7-9-25(10-8-23)27-13-16-29(30(32)22-27)26-11-14-28(15-12-26)36-31(33,34)35/h11-16,22-25,37H,2-10,17-21H2,1H3/t23?,24-,25?,37-. The van der Waals surface area contributed by atoms with E-state index in [1.165, 1.54) is 82.1 Å². The molecule has 1 saturated carbocycles. The van der Waals surface area contributed by atoms with Crippen LogP contribution in [0.25, 0.3) is 11.1 Å². The van der Waals surface area contributed by atoms with Gasteiger partial charge in [-0.05, 0) is 72.8 Å². The summed E-state index contributed by atoms with van der Waals surface area (Å²) in [5.41, 5.74) is 1.99. The molecule has 0 radical (unpaired) electrons. The Morgan fingerprint density at radius 3 is 2.08 bits per heavy atom. The van der Waals surface area contributed by atoms with E-state index in [1.54, 1.807) is 30.3 Å². The lowest BCUT2D eigenvalue weighted by molar-refractivity contribution is -0.274. The molecular formula is C31H42F4OSi. The Balaban J connectivity index is 1.21. The van der Waals surface area contributed by atoms with Gasteiger partial charge in [0.25, 0.3) is 0 Å². The Kier molecular flexibility index (Phi) is 10.1. The molecule has 0 spiro atoms. The molecule has 1 saturated heterocycles. The van der Waals surface area contributed by atoms with Gasteiger partial charge in [-0.2, -0.15) is 0 Å². The van der Waals surface area contributed by atoms with Crippen molar-refractivity contribution < 1.29 is 22.3 Å². The molecule has 2 aliphatic rings. The summed E-state index contributed by atoms with van der Waals surface area (Å²) in [7, 11) is -0.414. The minimum absolute atomic E-state index is 0.304. The van der Waals surface area contributed by atoms with Crippen LogP contribution in [0.3, 0.4) is 0 Å². The van der Waals surface area contributed by atoms with Crippen LogP contribution in [0.1, 0.15) is 89.0 Å². The molecule has 37 heavy (non-hydrogen) atoms. The number of benzene rings is 2. The van der Waals surface area contributed by atoms with Crippen LogP contribution in [-0.4, -0.2) is 15.2 Å². The first-order valence-electron chi connectivity index (χ1n) is 14.5. The quantitative estimate of drug-likeness (QED) is 0.167.